The van der Waals surface area contributed by atoms with Crippen LogP contribution in [0.3, 0.4) is 0 Å². The minimum Gasteiger partial charge on any atom is -0.423 e. The number of para-hydroxylation sites is 3. The molecule has 8 heteroatoms. The zero-order valence-electron chi connectivity index (χ0n) is 29.2. The van der Waals surface area contributed by atoms with Crippen molar-refractivity contribution in [3.05, 3.63) is 170 Å². The quantitative estimate of drug-likeness (QED) is 0.170. The van der Waals surface area contributed by atoms with Crippen LogP contribution in [0.5, 0.6) is 0 Å². The van der Waals surface area contributed by atoms with Gasteiger partial charge >= 0.3 is 6.01 Å². The molecule has 0 radical (unpaired) electrons. The van der Waals surface area contributed by atoms with Gasteiger partial charge in [-0.3, -0.25) is 4.57 Å². The number of oxazole rings is 1. The van der Waals surface area contributed by atoms with Crippen LogP contribution in [-0.4, -0.2) is 29.5 Å². The largest absolute Gasteiger partial charge is 0.423 e. The van der Waals surface area contributed by atoms with E-state index in [0.29, 0.717) is 23.5 Å². The third-order valence-corrected chi connectivity index (χ3v) is 11.0. The van der Waals surface area contributed by atoms with Crippen molar-refractivity contribution < 1.29 is 4.42 Å². The van der Waals surface area contributed by atoms with Crippen molar-refractivity contribution in [1.29, 1.82) is 0 Å². The Labute approximate surface area is 318 Å². The first-order chi connectivity index (χ1) is 27.2. The SMILES string of the molecule is c1ccc(-c2nc(-c3ccccc3)nc(-c3ccc4sc(-c5cccc(-c6ccc7c(c6)c6ccccc6n7-c6nc7ccccc7o6)c5)nc4c3)n2)cc1. The fraction of sp³-hybridized carbons (Fsp3) is 0. The Bertz CT molecular complexity index is 3130. The Morgan fingerprint density at radius 2 is 1.02 bits per heavy atom. The van der Waals surface area contributed by atoms with Gasteiger partial charge in [-0.15, -0.1) is 11.3 Å². The van der Waals surface area contributed by atoms with Gasteiger partial charge in [0, 0.05) is 33.0 Å². The number of hydrogen-bond acceptors (Lipinski definition) is 7. The molecule has 0 saturated carbocycles. The van der Waals surface area contributed by atoms with E-state index in [-0.39, 0.29) is 0 Å². The molecule has 0 amide bonds. The fourth-order valence-electron chi connectivity index (χ4n) is 7.27. The van der Waals surface area contributed by atoms with Crippen LogP contribution in [0, 0.1) is 0 Å². The summed E-state index contributed by atoms with van der Waals surface area (Å²) < 4.78 is 9.46. The molecular formula is C47H28N6OS. The molecule has 4 aromatic heterocycles. The van der Waals surface area contributed by atoms with Gasteiger partial charge in [0.05, 0.1) is 21.3 Å². The molecule has 0 saturated heterocycles. The Hall–Kier alpha value is -7.29. The van der Waals surface area contributed by atoms with Crippen LogP contribution in [0.25, 0.3) is 105 Å². The molecule has 0 aliphatic carbocycles. The Morgan fingerprint density at radius 1 is 0.400 bits per heavy atom. The number of hydrogen-bond donors (Lipinski definition) is 0. The summed E-state index contributed by atoms with van der Waals surface area (Å²) in [6, 6.07) is 58.4. The maximum absolute atomic E-state index is 6.25. The van der Waals surface area contributed by atoms with Crippen molar-refractivity contribution in [2.75, 3.05) is 0 Å². The Kier molecular flexibility index (Phi) is 7.21. The van der Waals surface area contributed by atoms with Gasteiger partial charge < -0.3 is 4.42 Å². The molecule has 0 aliphatic heterocycles. The van der Waals surface area contributed by atoms with Crippen molar-refractivity contribution in [2.45, 2.75) is 0 Å². The number of aromatic nitrogens is 6. The summed E-state index contributed by atoms with van der Waals surface area (Å²) in [6.45, 7) is 0. The van der Waals surface area contributed by atoms with E-state index in [1.54, 1.807) is 11.3 Å². The van der Waals surface area contributed by atoms with E-state index in [9.17, 15) is 0 Å². The van der Waals surface area contributed by atoms with E-state index >= 15 is 0 Å². The topological polar surface area (TPSA) is 82.5 Å². The lowest BCUT2D eigenvalue weighted by Gasteiger charge is -2.08. The first-order valence-corrected chi connectivity index (χ1v) is 18.8. The van der Waals surface area contributed by atoms with Gasteiger partial charge in [0.1, 0.15) is 10.5 Å². The van der Waals surface area contributed by atoms with E-state index in [4.69, 9.17) is 29.3 Å². The van der Waals surface area contributed by atoms with Gasteiger partial charge in [-0.1, -0.05) is 115 Å². The molecule has 0 N–H and O–H groups in total. The number of benzene rings is 7. The lowest BCUT2D eigenvalue weighted by Crippen LogP contribution is -2.00. The highest BCUT2D eigenvalue weighted by atomic mass is 32.1. The highest BCUT2D eigenvalue weighted by molar-refractivity contribution is 7.21. The lowest BCUT2D eigenvalue weighted by molar-refractivity contribution is 0.574. The predicted molar refractivity (Wildman–Crippen MR) is 222 cm³/mol. The summed E-state index contributed by atoms with van der Waals surface area (Å²) in [4.78, 5) is 24.7. The van der Waals surface area contributed by atoms with E-state index in [1.807, 2.05) is 84.9 Å². The van der Waals surface area contributed by atoms with Gasteiger partial charge in [0.25, 0.3) is 0 Å². The standard InChI is InChI=1S/C47H28N6OS/c1-3-12-29(13-4-1)43-50-44(30-14-5-2-6-15-30)52-45(51-43)33-23-25-42-38(28-33)48-46(55-42)34-17-11-16-31(26-34)32-22-24-40-36(27-32)35-18-7-9-20-39(35)53(40)47-49-37-19-8-10-21-41(37)54-47/h1-28H. The number of rotatable bonds is 6. The third kappa shape index (κ3) is 5.47. The second kappa shape index (κ2) is 12.7. The van der Waals surface area contributed by atoms with Gasteiger partial charge in [-0.2, -0.15) is 4.98 Å². The third-order valence-electron chi connectivity index (χ3n) is 9.93. The van der Waals surface area contributed by atoms with E-state index in [0.717, 1.165) is 81.5 Å². The average molecular weight is 725 g/mol. The minimum absolute atomic E-state index is 0.560. The summed E-state index contributed by atoms with van der Waals surface area (Å²) in [7, 11) is 0. The normalized spacial score (nSPS) is 11.6. The van der Waals surface area contributed by atoms with Crippen LogP contribution in [-0.2, 0) is 0 Å². The number of fused-ring (bicyclic) bond motifs is 5. The molecule has 0 spiro atoms. The molecule has 0 bridgehead atoms. The molecule has 7 aromatic carbocycles. The molecule has 55 heavy (non-hydrogen) atoms. The average Bonchev–Trinajstić information content (AvgIpc) is 3.97. The van der Waals surface area contributed by atoms with Gasteiger partial charge in [0.2, 0.25) is 0 Å². The molecule has 7 nitrogen and oxygen atoms in total. The van der Waals surface area contributed by atoms with Crippen LogP contribution >= 0.6 is 11.3 Å². The van der Waals surface area contributed by atoms with Crippen molar-refractivity contribution >= 4 is 54.5 Å². The van der Waals surface area contributed by atoms with Crippen LogP contribution in [0.2, 0.25) is 0 Å². The van der Waals surface area contributed by atoms with Crippen LogP contribution in [0.4, 0.5) is 0 Å². The van der Waals surface area contributed by atoms with E-state index < -0.39 is 0 Å². The van der Waals surface area contributed by atoms with Crippen molar-refractivity contribution in [2.24, 2.45) is 0 Å². The van der Waals surface area contributed by atoms with Gasteiger partial charge in [0.15, 0.2) is 23.1 Å². The second-order valence-corrected chi connectivity index (χ2v) is 14.4. The molecule has 0 atom stereocenters. The molecule has 258 valence electrons. The molecular weight excluding hydrogens is 697 g/mol. The van der Waals surface area contributed by atoms with Gasteiger partial charge in [-0.05, 0) is 65.7 Å². The van der Waals surface area contributed by atoms with Crippen LogP contribution in [0.1, 0.15) is 0 Å². The monoisotopic (exact) mass is 724 g/mol. The Morgan fingerprint density at radius 3 is 1.80 bits per heavy atom. The predicted octanol–water partition coefficient (Wildman–Crippen LogP) is 12.1. The molecule has 0 fully saturated rings. The molecule has 4 heterocycles. The fourth-order valence-corrected chi connectivity index (χ4v) is 8.22. The minimum atomic E-state index is 0.560. The molecule has 11 rings (SSSR count). The van der Waals surface area contributed by atoms with Gasteiger partial charge in [-0.25, -0.2) is 19.9 Å². The van der Waals surface area contributed by atoms with E-state index in [2.05, 4.69) is 89.5 Å². The Balaban J connectivity index is 0.966. The molecule has 0 unspecified atom stereocenters. The maximum Gasteiger partial charge on any atom is 0.307 e. The first-order valence-electron chi connectivity index (χ1n) is 18.0. The number of thiazole rings is 1. The maximum atomic E-state index is 6.25. The smallest absolute Gasteiger partial charge is 0.307 e. The van der Waals surface area contributed by atoms with Crippen molar-refractivity contribution in [3.8, 4) is 61.9 Å². The first kappa shape index (κ1) is 31.3. The highest BCUT2D eigenvalue weighted by Gasteiger charge is 2.18. The lowest BCUT2D eigenvalue weighted by atomic mass is 10.0. The summed E-state index contributed by atoms with van der Waals surface area (Å²) >= 11 is 1.68. The van der Waals surface area contributed by atoms with Crippen molar-refractivity contribution in [3.63, 3.8) is 0 Å². The zero-order valence-corrected chi connectivity index (χ0v) is 30.0. The summed E-state index contributed by atoms with van der Waals surface area (Å²) in [5, 5.41) is 3.23. The highest BCUT2D eigenvalue weighted by Crippen LogP contribution is 2.38. The molecule has 0 aliphatic rings. The summed E-state index contributed by atoms with van der Waals surface area (Å²) in [6.07, 6.45) is 0. The van der Waals surface area contributed by atoms with Crippen molar-refractivity contribution in [1.82, 2.24) is 29.5 Å². The van der Waals surface area contributed by atoms with Crippen LogP contribution in [0.15, 0.2) is 174 Å². The second-order valence-electron chi connectivity index (χ2n) is 13.4. The summed E-state index contributed by atoms with van der Waals surface area (Å²) in [5.41, 5.74) is 10.7. The summed E-state index contributed by atoms with van der Waals surface area (Å²) in [5.74, 6) is 1.88. The van der Waals surface area contributed by atoms with Crippen LogP contribution < -0.4 is 0 Å². The van der Waals surface area contributed by atoms with E-state index in [1.165, 1.54) is 0 Å². The molecule has 11 aromatic rings. The zero-order chi connectivity index (χ0) is 36.3. The number of nitrogens with zero attached hydrogens (tertiary/aromatic N) is 6.